The van der Waals surface area contributed by atoms with Gasteiger partial charge in [0.1, 0.15) is 0 Å². The molecule has 0 spiro atoms. The monoisotopic (exact) mass is 470 g/mol. The van der Waals surface area contributed by atoms with Gasteiger partial charge in [0.2, 0.25) is 0 Å². The molecule has 0 aliphatic carbocycles. The van der Waals surface area contributed by atoms with Crippen LogP contribution in [0.3, 0.4) is 0 Å². The minimum atomic E-state index is -0.855. The summed E-state index contributed by atoms with van der Waals surface area (Å²) >= 11 is 6.62. The number of carboxylic acids is 1. The molecule has 0 radical (unpaired) electrons. The molecule has 0 saturated carbocycles. The van der Waals surface area contributed by atoms with Crippen LogP contribution in [-0.2, 0) is 17.6 Å². The number of rotatable bonds is 6. The lowest BCUT2D eigenvalue weighted by Crippen LogP contribution is -2.05. The first-order valence-electron chi connectivity index (χ1n) is 7.64. The summed E-state index contributed by atoms with van der Waals surface area (Å²) in [5.74, 6) is -1.12. The quantitative estimate of drug-likeness (QED) is 0.488. The number of esters is 1. The summed E-state index contributed by atoms with van der Waals surface area (Å²) in [7, 11) is 1.40. The molecule has 0 saturated heterocycles. The maximum Gasteiger partial charge on any atom is 0.338 e. The number of carbonyl (C=O) groups excluding carboxylic acids is 1. The number of halogens is 2. The van der Waals surface area contributed by atoms with Gasteiger partial charge in [-0.05, 0) is 36.1 Å². The Labute approximate surface area is 164 Å². The van der Waals surface area contributed by atoms with Crippen LogP contribution in [0, 0.1) is 0 Å². The van der Waals surface area contributed by atoms with Crippen LogP contribution >= 0.6 is 31.9 Å². The van der Waals surface area contributed by atoms with Gasteiger partial charge in [0, 0.05) is 10.7 Å². The van der Waals surface area contributed by atoms with Crippen LogP contribution in [0.5, 0.6) is 0 Å². The lowest BCUT2D eigenvalue weighted by Gasteiger charge is -2.05. The number of ether oxygens (including phenoxy) is 1. The fourth-order valence-corrected chi connectivity index (χ4v) is 3.05. The van der Waals surface area contributed by atoms with Crippen molar-refractivity contribution in [2.24, 2.45) is 0 Å². The average Bonchev–Trinajstić information content (AvgIpc) is 2.63. The lowest BCUT2D eigenvalue weighted by atomic mass is 10.1. The zero-order chi connectivity index (χ0) is 18.7. The number of hydrogen-bond donors (Lipinski definition) is 1. The number of methoxy groups -OCH3 is 1. The van der Waals surface area contributed by atoms with E-state index in [9.17, 15) is 9.59 Å². The van der Waals surface area contributed by atoms with Crippen molar-refractivity contribution in [3.05, 3.63) is 70.8 Å². The van der Waals surface area contributed by atoms with E-state index in [4.69, 9.17) is 5.11 Å². The molecule has 0 atom stereocenters. The van der Waals surface area contributed by atoms with Crippen LogP contribution in [0.15, 0.2) is 48.5 Å². The minimum Gasteiger partial charge on any atom is -0.478 e. The molecule has 0 aromatic heterocycles. The molecule has 134 valence electrons. The smallest absolute Gasteiger partial charge is 0.338 e. The molecule has 4 nitrogen and oxygen atoms in total. The van der Waals surface area contributed by atoms with Gasteiger partial charge in [-0.15, -0.1) is 0 Å². The van der Waals surface area contributed by atoms with Crippen molar-refractivity contribution < 1.29 is 19.4 Å². The summed E-state index contributed by atoms with van der Waals surface area (Å²) in [5, 5.41) is 10.4. The number of carboxylic acid groups (broad SMARTS) is 1. The van der Waals surface area contributed by atoms with E-state index in [1.807, 2.05) is 30.3 Å². The highest BCUT2D eigenvalue weighted by Gasteiger charge is 2.09. The molecule has 1 N–H and O–H groups in total. The highest BCUT2D eigenvalue weighted by molar-refractivity contribution is 9.09. The van der Waals surface area contributed by atoms with Gasteiger partial charge in [0.05, 0.1) is 18.2 Å². The fraction of sp³-hybridized carbons (Fsp3) is 0.263. The molecule has 0 bridgehead atoms. The van der Waals surface area contributed by atoms with Gasteiger partial charge in [-0.3, -0.25) is 0 Å². The highest BCUT2D eigenvalue weighted by atomic mass is 79.9. The van der Waals surface area contributed by atoms with Gasteiger partial charge < -0.3 is 9.84 Å². The Kier molecular flexibility index (Phi) is 10.1. The Balaban J connectivity index is 0.000000251. The van der Waals surface area contributed by atoms with E-state index in [0.29, 0.717) is 11.1 Å². The topological polar surface area (TPSA) is 63.6 Å². The third kappa shape index (κ3) is 7.00. The van der Waals surface area contributed by atoms with Gasteiger partial charge in [-0.25, -0.2) is 9.59 Å². The van der Waals surface area contributed by atoms with Crippen LogP contribution in [0.4, 0.5) is 0 Å². The number of aryl methyl sites for hydroxylation is 2. The van der Waals surface area contributed by atoms with E-state index < -0.39 is 5.97 Å². The third-order valence-corrected chi connectivity index (χ3v) is 4.19. The summed E-state index contributed by atoms with van der Waals surface area (Å²) in [6.07, 6.45) is 1.59. The first-order chi connectivity index (χ1) is 12.0. The zero-order valence-electron chi connectivity index (χ0n) is 13.9. The lowest BCUT2D eigenvalue weighted by molar-refractivity contribution is 0.0598. The van der Waals surface area contributed by atoms with E-state index in [-0.39, 0.29) is 5.97 Å². The summed E-state index contributed by atoms with van der Waals surface area (Å²) in [6, 6.07) is 14.5. The molecule has 2 aromatic rings. The molecule has 0 heterocycles. The number of carbonyl (C=O) groups is 2. The van der Waals surface area contributed by atoms with Crippen molar-refractivity contribution in [2.75, 3.05) is 17.8 Å². The second-order valence-electron chi connectivity index (χ2n) is 4.99. The van der Waals surface area contributed by atoms with Crippen molar-refractivity contribution in [3.8, 4) is 0 Å². The molecular formula is C19H20Br2O4. The SMILES string of the molecule is COC(=O)c1ccccc1CCBr.O=C(O)c1ccccc1CCBr. The minimum absolute atomic E-state index is 0.267. The maximum absolute atomic E-state index is 11.3. The Morgan fingerprint density at radius 1 is 0.880 bits per heavy atom. The number of alkyl halides is 2. The first kappa shape index (κ1) is 21.4. The summed E-state index contributed by atoms with van der Waals surface area (Å²) in [5.41, 5.74) is 2.95. The standard InChI is InChI=1S/C10H11BrO2.C9H9BrO2/c1-13-10(12)9-5-3-2-4-8(9)6-7-11;10-6-5-7-3-1-2-4-8(7)9(11)12/h2-5H,6-7H2,1H3;1-4H,5-6H2,(H,11,12). The van der Waals surface area contributed by atoms with E-state index in [0.717, 1.165) is 34.6 Å². The summed E-state index contributed by atoms with van der Waals surface area (Å²) < 4.78 is 4.67. The van der Waals surface area contributed by atoms with Gasteiger partial charge in [-0.1, -0.05) is 68.3 Å². The summed E-state index contributed by atoms with van der Waals surface area (Å²) in [6.45, 7) is 0. The normalized spacial score (nSPS) is 9.72. The number of benzene rings is 2. The second kappa shape index (κ2) is 11.8. The fourth-order valence-electron chi connectivity index (χ4n) is 2.20. The molecule has 0 aliphatic heterocycles. The summed E-state index contributed by atoms with van der Waals surface area (Å²) in [4.78, 5) is 22.0. The molecule has 2 aromatic carbocycles. The predicted octanol–water partition coefficient (Wildman–Crippen LogP) is 4.73. The molecule has 0 aliphatic rings. The van der Waals surface area contributed by atoms with Crippen molar-refractivity contribution in [2.45, 2.75) is 12.8 Å². The van der Waals surface area contributed by atoms with E-state index >= 15 is 0 Å². The molecule has 25 heavy (non-hydrogen) atoms. The second-order valence-corrected chi connectivity index (χ2v) is 6.57. The Morgan fingerprint density at radius 2 is 1.32 bits per heavy atom. The van der Waals surface area contributed by atoms with E-state index in [1.54, 1.807) is 18.2 Å². The molecular weight excluding hydrogens is 452 g/mol. The van der Waals surface area contributed by atoms with Crippen LogP contribution in [0.1, 0.15) is 31.8 Å². The molecule has 0 fully saturated rings. The van der Waals surface area contributed by atoms with Crippen LogP contribution in [0.25, 0.3) is 0 Å². The van der Waals surface area contributed by atoms with Crippen LogP contribution in [-0.4, -0.2) is 34.8 Å². The van der Waals surface area contributed by atoms with Gasteiger partial charge in [0.15, 0.2) is 0 Å². The number of aromatic carboxylic acids is 1. The van der Waals surface area contributed by atoms with Crippen molar-refractivity contribution >= 4 is 43.8 Å². The van der Waals surface area contributed by atoms with Crippen molar-refractivity contribution in [3.63, 3.8) is 0 Å². The van der Waals surface area contributed by atoms with Crippen LogP contribution in [0.2, 0.25) is 0 Å². The van der Waals surface area contributed by atoms with Crippen LogP contribution < -0.4 is 0 Å². The van der Waals surface area contributed by atoms with Crippen molar-refractivity contribution in [1.29, 1.82) is 0 Å². The highest BCUT2D eigenvalue weighted by Crippen LogP contribution is 2.12. The average molecular weight is 472 g/mol. The Hall–Kier alpha value is -1.66. The maximum atomic E-state index is 11.3. The molecule has 0 amide bonds. The van der Waals surface area contributed by atoms with Crippen molar-refractivity contribution in [1.82, 2.24) is 0 Å². The Bertz CT molecular complexity index is 701. The first-order valence-corrected chi connectivity index (χ1v) is 9.88. The molecule has 0 unspecified atom stereocenters. The van der Waals surface area contributed by atoms with Gasteiger partial charge in [0.25, 0.3) is 0 Å². The van der Waals surface area contributed by atoms with Gasteiger partial charge >= 0.3 is 11.9 Å². The van der Waals surface area contributed by atoms with E-state index in [1.165, 1.54) is 7.11 Å². The van der Waals surface area contributed by atoms with E-state index in [2.05, 4.69) is 36.6 Å². The Morgan fingerprint density at radius 3 is 1.76 bits per heavy atom. The molecule has 2 rings (SSSR count). The zero-order valence-corrected chi connectivity index (χ0v) is 17.0. The third-order valence-electron chi connectivity index (χ3n) is 3.40. The number of hydrogen-bond acceptors (Lipinski definition) is 3. The molecule has 6 heteroatoms. The largest absolute Gasteiger partial charge is 0.478 e. The van der Waals surface area contributed by atoms with Gasteiger partial charge in [-0.2, -0.15) is 0 Å². The predicted molar refractivity (Wildman–Crippen MR) is 106 cm³/mol.